The zero-order chi connectivity index (χ0) is 26.1. The number of benzene rings is 2. The number of rotatable bonds is 9. The summed E-state index contributed by atoms with van der Waals surface area (Å²) in [5.74, 6) is -0.191. The lowest BCUT2D eigenvalue weighted by Gasteiger charge is -2.43. The van der Waals surface area contributed by atoms with Crippen molar-refractivity contribution in [3.05, 3.63) is 53.1 Å². The molecule has 2 fully saturated rings. The van der Waals surface area contributed by atoms with Crippen LogP contribution in [0.15, 0.2) is 36.4 Å². The molecule has 1 aliphatic carbocycles. The summed E-state index contributed by atoms with van der Waals surface area (Å²) in [7, 11) is 3.07. The topological polar surface area (TPSA) is 105 Å². The number of methoxy groups -OCH3 is 2. The van der Waals surface area contributed by atoms with Gasteiger partial charge in [-0.25, -0.2) is 0 Å². The van der Waals surface area contributed by atoms with Gasteiger partial charge in [-0.3, -0.25) is 24.2 Å². The molecule has 196 valence electrons. The Kier molecular flexibility index (Phi) is 7.06. The SMILES string of the molecule is COc1ccc(C(CCC(N)=O)N2C(=O)c3cccc(N4CCN(C5CCC5)CC4)c3C2=O)cc1OC. The van der Waals surface area contributed by atoms with Gasteiger partial charge in [-0.15, -0.1) is 0 Å². The van der Waals surface area contributed by atoms with Gasteiger partial charge in [0, 0.05) is 38.6 Å². The fourth-order valence-corrected chi connectivity index (χ4v) is 5.70. The quantitative estimate of drug-likeness (QED) is 0.521. The summed E-state index contributed by atoms with van der Waals surface area (Å²) in [4.78, 5) is 45.3. The number of imide groups is 1. The summed E-state index contributed by atoms with van der Waals surface area (Å²) >= 11 is 0. The van der Waals surface area contributed by atoms with Gasteiger partial charge >= 0.3 is 0 Å². The van der Waals surface area contributed by atoms with Crippen molar-refractivity contribution in [1.29, 1.82) is 0 Å². The summed E-state index contributed by atoms with van der Waals surface area (Å²) in [6.45, 7) is 3.53. The van der Waals surface area contributed by atoms with Crippen LogP contribution in [-0.4, -0.2) is 74.0 Å². The van der Waals surface area contributed by atoms with E-state index in [2.05, 4.69) is 9.80 Å². The van der Waals surface area contributed by atoms with Gasteiger partial charge in [-0.05, 0) is 49.1 Å². The number of nitrogens with two attached hydrogens (primary N) is 1. The van der Waals surface area contributed by atoms with Crippen LogP contribution in [-0.2, 0) is 4.79 Å². The van der Waals surface area contributed by atoms with Crippen LogP contribution in [0, 0.1) is 0 Å². The molecule has 2 N–H and O–H groups in total. The maximum absolute atomic E-state index is 13.9. The number of amides is 3. The Morgan fingerprint density at radius 1 is 1.00 bits per heavy atom. The minimum atomic E-state index is -0.678. The molecule has 2 heterocycles. The predicted molar refractivity (Wildman–Crippen MR) is 139 cm³/mol. The van der Waals surface area contributed by atoms with E-state index in [9.17, 15) is 14.4 Å². The zero-order valence-corrected chi connectivity index (χ0v) is 21.4. The van der Waals surface area contributed by atoms with Gasteiger partial charge in [0.1, 0.15) is 0 Å². The molecule has 0 spiro atoms. The first-order valence-corrected chi connectivity index (χ1v) is 12.9. The Morgan fingerprint density at radius 3 is 2.35 bits per heavy atom. The normalized spacial score (nSPS) is 19.0. The molecule has 1 saturated heterocycles. The molecule has 2 aromatic carbocycles. The first-order valence-electron chi connectivity index (χ1n) is 12.9. The van der Waals surface area contributed by atoms with Crippen LogP contribution in [0.3, 0.4) is 0 Å². The van der Waals surface area contributed by atoms with E-state index in [1.807, 2.05) is 12.1 Å². The minimum Gasteiger partial charge on any atom is -0.493 e. The van der Waals surface area contributed by atoms with E-state index in [-0.39, 0.29) is 24.7 Å². The maximum atomic E-state index is 13.9. The van der Waals surface area contributed by atoms with Crippen LogP contribution in [0.1, 0.15) is 64.4 Å². The molecule has 9 heteroatoms. The van der Waals surface area contributed by atoms with E-state index in [4.69, 9.17) is 15.2 Å². The second kappa shape index (κ2) is 10.4. The Balaban J connectivity index is 1.45. The van der Waals surface area contributed by atoms with Crippen LogP contribution < -0.4 is 20.1 Å². The highest BCUT2D eigenvalue weighted by Crippen LogP contribution is 2.40. The molecule has 1 unspecified atom stereocenters. The van der Waals surface area contributed by atoms with Crippen LogP contribution in [0.2, 0.25) is 0 Å². The lowest BCUT2D eigenvalue weighted by molar-refractivity contribution is -0.118. The van der Waals surface area contributed by atoms with Crippen LogP contribution >= 0.6 is 0 Å². The molecule has 9 nitrogen and oxygen atoms in total. The van der Waals surface area contributed by atoms with Crippen molar-refractivity contribution in [1.82, 2.24) is 9.80 Å². The number of fused-ring (bicyclic) bond motifs is 1. The third kappa shape index (κ3) is 4.64. The lowest BCUT2D eigenvalue weighted by atomic mass is 9.91. The van der Waals surface area contributed by atoms with E-state index in [0.29, 0.717) is 34.2 Å². The summed E-state index contributed by atoms with van der Waals surface area (Å²) in [5.41, 5.74) is 7.76. The van der Waals surface area contributed by atoms with Crippen LogP contribution in [0.4, 0.5) is 5.69 Å². The van der Waals surface area contributed by atoms with Gasteiger partial charge in [0.15, 0.2) is 11.5 Å². The number of hydrogen-bond acceptors (Lipinski definition) is 7. The summed E-state index contributed by atoms with van der Waals surface area (Å²) in [6.07, 6.45) is 4.09. The third-order valence-corrected chi connectivity index (χ3v) is 7.94. The van der Waals surface area contributed by atoms with E-state index in [1.165, 1.54) is 31.3 Å². The van der Waals surface area contributed by atoms with E-state index in [0.717, 1.165) is 31.9 Å². The molecule has 5 rings (SSSR count). The minimum absolute atomic E-state index is 0.0302. The zero-order valence-electron chi connectivity index (χ0n) is 21.4. The predicted octanol–water partition coefficient (Wildman–Crippen LogP) is 2.98. The van der Waals surface area contributed by atoms with E-state index in [1.54, 1.807) is 31.4 Å². The monoisotopic (exact) mass is 506 g/mol. The molecular weight excluding hydrogens is 472 g/mol. The van der Waals surface area contributed by atoms with Gasteiger partial charge in [0.05, 0.1) is 37.1 Å². The van der Waals surface area contributed by atoms with E-state index < -0.39 is 11.9 Å². The molecular formula is C28H34N4O5. The maximum Gasteiger partial charge on any atom is 0.264 e. The Morgan fingerprint density at radius 2 is 1.73 bits per heavy atom. The fraction of sp³-hybridized carbons (Fsp3) is 0.464. The summed E-state index contributed by atoms with van der Waals surface area (Å²) in [6, 6.07) is 10.8. The van der Waals surface area contributed by atoms with Crippen molar-refractivity contribution in [3.8, 4) is 11.5 Å². The smallest absolute Gasteiger partial charge is 0.264 e. The average molecular weight is 507 g/mol. The number of piperazine rings is 1. The number of primary amides is 1. The molecule has 1 saturated carbocycles. The number of nitrogens with zero attached hydrogens (tertiary/aromatic N) is 3. The van der Waals surface area contributed by atoms with Crippen LogP contribution in [0.25, 0.3) is 0 Å². The molecule has 3 aliphatic rings. The number of ether oxygens (including phenoxy) is 2. The van der Waals surface area contributed by atoms with Crippen molar-refractivity contribution >= 4 is 23.4 Å². The molecule has 1 atom stereocenters. The summed E-state index contributed by atoms with van der Waals surface area (Å²) < 4.78 is 10.8. The molecule has 0 aromatic heterocycles. The van der Waals surface area contributed by atoms with Gasteiger partial charge in [0.2, 0.25) is 5.91 Å². The average Bonchev–Trinajstić information content (AvgIpc) is 3.13. The van der Waals surface area contributed by atoms with Crippen LogP contribution in [0.5, 0.6) is 11.5 Å². The highest BCUT2D eigenvalue weighted by Gasteiger charge is 2.43. The number of hydrogen-bond donors (Lipinski definition) is 1. The highest BCUT2D eigenvalue weighted by molar-refractivity contribution is 6.24. The molecule has 2 aliphatic heterocycles. The Bertz CT molecular complexity index is 1200. The van der Waals surface area contributed by atoms with Crippen molar-refractivity contribution in [2.24, 2.45) is 5.73 Å². The molecule has 0 bridgehead atoms. The van der Waals surface area contributed by atoms with Crippen molar-refractivity contribution in [3.63, 3.8) is 0 Å². The third-order valence-electron chi connectivity index (χ3n) is 7.94. The second-order valence-corrected chi connectivity index (χ2v) is 9.92. The largest absolute Gasteiger partial charge is 0.493 e. The van der Waals surface area contributed by atoms with E-state index >= 15 is 0 Å². The Hall–Kier alpha value is -3.59. The standard InChI is InChI=1S/C28H34N4O5/c1-36-23-11-9-18(17-24(23)37-2)21(10-12-25(29)33)32-27(34)20-7-4-8-22(26(20)28(32)35)31-15-13-30(14-16-31)19-5-3-6-19/h4,7-9,11,17,19,21H,3,5-6,10,12-16H2,1-2H3,(H2,29,33). The first kappa shape index (κ1) is 25.1. The van der Waals surface area contributed by atoms with Gasteiger partial charge < -0.3 is 20.1 Å². The number of carbonyl (C=O) groups is 3. The van der Waals surface area contributed by atoms with Crippen molar-refractivity contribution in [2.75, 3.05) is 45.3 Å². The van der Waals surface area contributed by atoms with Crippen molar-refractivity contribution < 1.29 is 23.9 Å². The van der Waals surface area contributed by atoms with Crippen molar-refractivity contribution in [2.45, 2.75) is 44.2 Å². The Labute approximate surface area is 217 Å². The van der Waals surface area contributed by atoms with Gasteiger partial charge in [-0.1, -0.05) is 18.6 Å². The number of anilines is 1. The highest BCUT2D eigenvalue weighted by atomic mass is 16.5. The summed E-state index contributed by atoms with van der Waals surface area (Å²) in [5, 5.41) is 0. The first-order chi connectivity index (χ1) is 17.9. The number of carbonyl (C=O) groups excluding carboxylic acids is 3. The molecule has 3 amide bonds. The molecule has 37 heavy (non-hydrogen) atoms. The van der Waals surface area contributed by atoms with Gasteiger partial charge in [-0.2, -0.15) is 0 Å². The van der Waals surface area contributed by atoms with Gasteiger partial charge in [0.25, 0.3) is 11.8 Å². The fourth-order valence-electron chi connectivity index (χ4n) is 5.70. The second-order valence-electron chi connectivity index (χ2n) is 9.92. The molecule has 0 radical (unpaired) electrons. The lowest BCUT2D eigenvalue weighted by Crippen LogP contribution is -2.52. The molecule has 2 aromatic rings.